The van der Waals surface area contributed by atoms with Gasteiger partial charge in [-0.05, 0) is 18.6 Å². The van der Waals surface area contributed by atoms with E-state index in [0.29, 0.717) is 6.04 Å². The topological polar surface area (TPSA) is 49.6 Å². The number of anilines is 1. The van der Waals surface area contributed by atoms with Gasteiger partial charge in [0.05, 0.1) is 6.10 Å². The molecule has 0 aromatic carbocycles. The van der Waals surface area contributed by atoms with E-state index in [4.69, 9.17) is 0 Å². The molecule has 4 nitrogen and oxygen atoms in total. The number of aliphatic hydroxyl groups excluding tert-OH is 1. The Kier molecular flexibility index (Phi) is 2.16. The Labute approximate surface area is 100 Å². The van der Waals surface area contributed by atoms with E-state index in [1.165, 1.54) is 0 Å². The second-order valence-corrected chi connectivity index (χ2v) is 5.34. The molecule has 1 aliphatic carbocycles. The summed E-state index contributed by atoms with van der Waals surface area (Å²) in [6, 6.07) is 6.32. The molecule has 2 heterocycles. The Balaban J connectivity index is 1.89. The van der Waals surface area contributed by atoms with Crippen LogP contribution in [-0.2, 0) is 0 Å². The van der Waals surface area contributed by atoms with E-state index in [2.05, 4.69) is 24.1 Å². The van der Waals surface area contributed by atoms with Crippen molar-refractivity contribution >= 4 is 11.5 Å². The first-order chi connectivity index (χ1) is 8.09. The lowest BCUT2D eigenvalue weighted by Crippen LogP contribution is -2.57. The lowest BCUT2D eigenvalue weighted by Gasteiger charge is -2.49. The molecule has 1 aliphatic rings. The fourth-order valence-electron chi connectivity index (χ4n) is 2.39. The number of hydrogen-bond acceptors (Lipinski definition) is 3. The maximum atomic E-state index is 9.74. The molecular weight excluding hydrogens is 214 g/mol. The lowest BCUT2D eigenvalue weighted by atomic mass is 9.64. The first kappa shape index (κ1) is 10.6. The summed E-state index contributed by atoms with van der Waals surface area (Å²) in [4.78, 5) is 4.26. The summed E-state index contributed by atoms with van der Waals surface area (Å²) in [6.45, 7) is 4.18. The van der Waals surface area contributed by atoms with Crippen molar-refractivity contribution in [3.63, 3.8) is 0 Å². The van der Waals surface area contributed by atoms with Crippen molar-refractivity contribution in [1.29, 1.82) is 0 Å². The molecule has 0 bridgehead atoms. The molecule has 2 aromatic heterocycles. The van der Waals surface area contributed by atoms with Crippen LogP contribution >= 0.6 is 0 Å². The third-order valence-corrected chi connectivity index (χ3v) is 3.97. The molecule has 1 fully saturated rings. The Hall–Kier alpha value is -1.55. The molecule has 4 heteroatoms. The Bertz CT molecular complexity index is 546. The monoisotopic (exact) mass is 231 g/mol. The molecule has 2 atom stereocenters. The van der Waals surface area contributed by atoms with Gasteiger partial charge in [-0.25, -0.2) is 4.98 Å². The average molecular weight is 231 g/mol. The van der Waals surface area contributed by atoms with Gasteiger partial charge in [0.1, 0.15) is 11.5 Å². The Morgan fingerprint density at radius 1 is 1.47 bits per heavy atom. The molecule has 2 N–H and O–H groups in total. The van der Waals surface area contributed by atoms with Crippen LogP contribution in [0.3, 0.4) is 0 Å². The number of imidazole rings is 1. The highest BCUT2D eigenvalue weighted by molar-refractivity contribution is 5.50. The third-order valence-electron chi connectivity index (χ3n) is 3.97. The van der Waals surface area contributed by atoms with Crippen molar-refractivity contribution in [3.05, 3.63) is 30.6 Å². The van der Waals surface area contributed by atoms with E-state index < -0.39 is 0 Å². The smallest absolute Gasteiger partial charge is 0.138 e. The molecule has 3 rings (SSSR count). The zero-order chi connectivity index (χ0) is 12.0. The van der Waals surface area contributed by atoms with Gasteiger partial charge in [-0.2, -0.15) is 0 Å². The summed E-state index contributed by atoms with van der Waals surface area (Å²) < 4.78 is 2.03. The van der Waals surface area contributed by atoms with Gasteiger partial charge < -0.3 is 10.4 Å². The van der Waals surface area contributed by atoms with Crippen molar-refractivity contribution in [2.24, 2.45) is 5.41 Å². The van der Waals surface area contributed by atoms with Gasteiger partial charge in [0.2, 0.25) is 0 Å². The van der Waals surface area contributed by atoms with Gasteiger partial charge in [0.15, 0.2) is 0 Å². The molecule has 17 heavy (non-hydrogen) atoms. The highest BCUT2D eigenvalue weighted by atomic mass is 16.3. The van der Waals surface area contributed by atoms with Crippen LogP contribution in [0.4, 0.5) is 5.82 Å². The van der Waals surface area contributed by atoms with Crippen LogP contribution in [0.25, 0.3) is 5.65 Å². The maximum Gasteiger partial charge on any atom is 0.138 e. The number of aromatic nitrogens is 2. The van der Waals surface area contributed by atoms with Crippen LogP contribution in [0, 0.1) is 5.41 Å². The van der Waals surface area contributed by atoms with E-state index >= 15 is 0 Å². The standard InChI is InChI=1S/C13H17N3O/c1-13(2)9(8-10(13)17)15-12-5-3-4-11-14-6-7-16(11)12/h3-7,9-10,15,17H,8H2,1-2H3. The quantitative estimate of drug-likeness (QED) is 0.830. The van der Waals surface area contributed by atoms with E-state index in [1.807, 2.05) is 28.8 Å². The number of rotatable bonds is 2. The van der Waals surface area contributed by atoms with Crippen molar-refractivity contribution in [2.75, 3.05) is 5.32 Å². The molecule has 2 aromatic rings. The molecule has 2 unspecified atom stereocenters. The average Bonchev–Trinajstić information content (AvgIpc) is 2.77. The Morgan fingerprint density at radius 2 is 2.29 bits per heavy atom. The minimum atomic E-state index is -0.206. The normalized spacial score (nSPS) is 26.8. The molecule has 0 spiro atoms. The first-order valence-electron chi connectivity index (χ1n) is 5.96. The van der Waals surface area contributed by atoms with Crippen molar-refractivity contribution in [2.45, 2.75) is 32.4 Å². The molecular formula is C13H17N3O. The maximum absolute atomic E-state index is 9.74. The summed E-state index contributed by atoms with van der Waals surface area (Å²) in [5.41, 5.74) is 0.871. The number of nitrogens with one attached hydrogen (secondary N) is 1. The second kappa shape index (κ2) is 3.47. The highest BCUT2D eigenvalue weighted by Crippen LogP contribution is 2.42. The van der Waals surface area contributed by atoms with Crippen molar-refractivity contribution in [3.8, 4) is 0 Å². The molecule has 0 saturated heterocycles. The summed E-state index contributed by atoms with van der Waals surface area (Å²) in [7, 11) is 0. The van der Waals surface area contributed by atoms with Gasteiger partial charge in [-0.3, -0.25) is 4.40 Å². The fourth-order valence-corrected chi connectivity index (χ4v) is 2.39. The SMILES string of the molecule is CC1(C)C(O)CC1Nc1cccc2nccn12. The van der Waals surface area contributed by atoms with E-state index in [0.717, 1.165) is 17.9 Å². The van der Waals surface area contributed by atoms with Crippen LogP contribution in [0.2, 0.25) is 0 Å². The predicted octanol–water partition coefficient (Wildman–Crippen LogP) is 1.91. The van der Waals surface area contributed by atoms with Crippen LogP contribution in [-0.4, -0.2) is 26.6 Å². The summed E-state index contributed by atoms with van der Waals surface area (Å²) in [6.07, 6.45) is 4.33. The summed E-state index contributed by atoms with van der Waals surface area (Å²) in [5, 5.41) is 13.2. The van der Waals surface area contributed by atoms with E-state index in [9.17, 15) is 5.11 Å². The van der Waals surface area contributed by atoms with E-state index in [1.54, 1.807) is 6.20 Å². The molecule has 0 amide bonds. The number of pyridine rings is 1. The number of aliphatic hydroxyl groups is 1. The summed E-state index contributed by atoms with van der Waals surface area (Å²) >= 11 is 0. The molecule has 0 aliphatic heterocycles. The minimum absolute atomic E-state index is 0.0667. The van der Waals surface area contributed by atoms with Gasteiger partial charge in [0, 0.05) is 23.9 Å². The van der Waals surface area contributed by atoms with Gasteiger partial charge >= 0.3 is 0 Å². The van der Waals surface area contributed by atoms with Crippen LogP contribution < -0.4 is 5.32 Å². The van der Waals surface area contributed by atoms with Gasteiger partial charge in [-0.15, -0.1) is 0 Å². The minimum Gasteiger partial charge on any atom is -0.392 e. The predicted molar refractivity (Wildman–Crippen MR) is 67.0 cm³/mol. The van der Waals surface area contributed by atoms with Crippen LogP contribution in [0.15, 0.2) is 30.6 Å². The second-order valence-electron chi connectivity index (χ2n) is 5.34. The molecule has 90 valence electrons. The highest BCUT2D eigenvalue weighted by Gasteiger charge is 2.47. The third kappa shape index (κ3) is 1.52. The largest absolute Gasteiger partial charge is 0.392 e. The molecule has 1 saturated carbocycles. The first-order valence-corrected chi connectivity index (χ1v) is 5.96. The van der Waals surface area contributed by atoms with Crippen molar-refractivity contribution in [1.82, 2.24) is 9.38 Å². The van der Waals surface area contributed by atoms with E-state index in [-0.39, 0.29) is 11.5 Å². The Morgan fingerprint density at radius 3 is 3.00 bits per heavy atom. The number of fused-ring (bicyclic) bond motifs is 1. The number of hydrogen-bond donors (Lipinski definition) is 2. The lowest BCUT2D eigenvalue weighted by molar-refractivity contribution is -0.0511. The number of nitrogens with zero attached hydrogens (tertiary/aromatic N) is 2. The van der Waals surface area contributed by atoms with Crippen LogP contribution in [0.5, 0.6) is 0 Å². The summed E-state index contributed by atoms with van der Waals surface area (Å²) in [5.74, 6) is 1.03. The molecule has 0 radical (unpaired) electrons. The zero-order valence-corrected chi connectivity index (χ0v) is 10.1. The van der Waals surface area contributed by atoms with Gasteiger partial charge in [-0.1, -0.05) is 19.9 Å². The fraction of sp³-hybridized carbons (Fsp3) is 0.462. The van der Waals surface area contributed by atoms with Crippen LogP contribution in [0.1, 0.15) is 20.3 Å². The zero-order valence-electron chi connectivity index (χ0n) is 10.1. The van der Waals surface area contributed by atoms with Gasteiger partial charge in [0.25, 0.3) is 0 Å². The van der Waals surface area contributed by atoms with Crippen molar-refractivity contribution < 1.29 is 5.11 Å².